The molecule has 24 heavy (non-hydrogen) atoms. The minimum atomic E-state index is -1.07. The zero-order valence-corrected chi connectivity index (χ0v) is 13.9. The number of rotatable bonds is 2. The minimum absolute atomic E-state index is 0.227. The first-order valence-electron chi connectivity index (χ1n) is 8.27. The Bertz CT molecular complexity index is 769. The Morgan fingerprint density at radius 2 is 2.25 bits per heavy atom. The molecule has 4 rings (SSSR count). The summed E-state index contributed by atoms with van der Waals surface area (Å²) in [4.78, 5) is 24.5. The molecule has 128 valence electrons. The molecule has 0 unspecified atom stereocenters. The van der Waals surface area contributed by atoms with Gasteiger partial charge >= 0.3 is 11.9 Å². The molecule has 1 aliphatic heterocycles. The number of hydrogen-bond acceptors (Lipinski definition) is 6. The third-order valence-electron chi connectivity index (χ3n) is 5.40. The number of allylic oxidation sites excluding steroid dienone is 1. The lowest BCUT2D eigenvalue weighted by Gasteiger charge is -2.26. The van der Waals surface area contributed by atoms with E-state index in [0.29, 0.717) is 41.1 Å². The molecule has 2 heterocycles. The van der Waals surface area contributed by atoms with Crippen LogP contribution in [0.2, 0.25) is 0 Å². The van der Waals surface area contributed by atoms with Gasteiger partial charge in [0.2, 0.25) is 0 Å². The molecule has 2 fully saturated rings. The van der Waals surface area contributed by atoms with Crippen molar-refractivity contribution in [3.05, 3.63) is 34.3 Å². The second-order valence-corrected chi connectivity index (χ2v) is 6.97. The minimum Gasteiger partial charge on any atom is -0.465 e. The van der Waals surface area contributed by atoms with Gasteiger partial charge in [-0.25, -0.2) is 9.59 Å². The third kappa shape index (κ3) is 1.92. The summed E-state index contributed by atoms with van der Waals surface area (Å²) in [6.07, 6.45) is 2.22. The Morgan fingerprint density at radius 1 is 1.50 bits per heavy atom. The molecule has 2 aliphatic carbocycles. The molecule has 1 aromatic heterocycles. The van der Waals surface area contributed by atoms with Crippen LogP contribution >= 0.6 is 0 Å². The highest BCUT2D eigenvalue weighted by Gasteiger charge is 2.60. The van der Waals surface area contributed by atoms with Gasteiger partial charge in [-0.05, 0) is 27.2 Å². The third-order valence-corrected chi connectivity index (χ3v) is 5.40. The van der Waals surface area contributed by atoms with Crippen LogP contribution in [0, 0.1) is 12.8 Å². The van der Waals surface area contributed by atoms with Crippen molar-refractivity contribution in [2.75, 3.05) is 6.61 Å². The highest BCUT2D eigenvalue weighted by Crippen LogP contribution is 2.56. The lowest BCUT2D eigenvalue weighted by Crippen LogP contribution is -2.31. The van der Waals surface area contributed by atoms with E-state index in [0.717, 1.165) is 0 Å². The van der Waals surface area contributed by atoms with Crippen molar-refractivity contribution in [2.24, 2.45) is 5.92 Å². The van der Waals surface area contributed by atoms with Crippen LogP contribution in [0.4, 0.5) is 0 Å². The average molecular weight is 332 g/mol. The van der Waals surface area contributed by atoms with Crippen molar-refractivity contribution < 1.29 is 28.6 Å². The summed E-state index contributed by atoms with van der Waals surface area (Å²) in [6.45, 7) is 5.49. The van der Waals surface area contributed by atoms with Gasteiger partial charge in [0.25, 0.3) is 0 Å². The first-order chi connectivity index (χ1) is 11.3. The van der Waals surface area contributed by atoms with Gasteiger partial charge < -0.3 is 19.0 Å². The van der Waals surface area contributed by atoms with Crippen LogP contribution in [0.25, 0.3) is 0 Å². The Hall–Kier alpha value is -2.08. The number of aliphatic hydroxyl groups is 1. The predicted molar refractivity (Wildman–Crippen MR) is 82.5 cm³/mol. The molecular formula is C18H20O6. The molecule has 0 amide bonds. The van der Waals surface area contributed by atoms with E-state index in [1.54, 1.807) is 20.8 Å². The number of aryl methyl sites for hydroxylation is 1. The standard InChI is InChI=1S/C18H20O6/c1-4-22-17(20)12-8(2)23-15-9(12)5-6-10-13-11(24-16(10)19)7-18(3,21)14(13)15/h6,11,13-14,21H,4-5,7H2,1-3H3/t11-,13-,14-,18-/m0/s1. The molecule has 1 saturated heterocycles. The first-order valence-corrected chi connectivity index (χ1v) is 8.27. The van der Waals surface area contributed by atoms with Gasteiger partial charge in [0, 0.05) is 23.5 Å². The van der Waals surface area contributed by atoms with Crippen molar-refractivity contribution in [1.82, 2.24) is 0 Å². The fraction of sp³-hybridized carbons (Fsp3) is 0.556. The molecule has 0 bridgehead atoms. The van der Waals surface area contributed by atoms with Crippen molar-refractivity contribution in [3.63, 3.8) is 0 Å². The van der Waals surface area contributed by atoms with E-state index < -0.39 is 17.5 Å². The summed E-state index contributed by atoms with van der Waals surface area (Å²) in [6, 6.07) is 0. The van der Waals surface area contributed by atoms with Crippen molar-refractivity contribution >= 4 is 11.9 Å². The van der Waals surface area contributed by atoms with Gasteiger partial charge in [-0.15, -0.1) is 0 Å². The van der Waals surface area contributed by atoms with Crippen LogP contribution in [0.5, 0.6) is 0 Å². The molecule has 0 aromatic carbocycles. The summed E-state index contributed by atoms with van der Waals surface area (Å²) >= 11 is 0. The summed E-state index contributed by atoms with van der Waals surface area (Å²) in [5.41, 5.74) is 0.647. The Kier molecular flexibility index (Phi) is 3.19. The fourth-order valence-corrected chi connectivity index (χ4v) is 4.51. The molecule has 1 aromatic rings. The molecule has 1 saturated carbocycles. The second kappa shape index (κ2) is 4.96. The van der Waals surface area contributed by atoms with Gasteiger partial charge in [0.05, 0.1) is 18.1 Å². The van der Waals surface area contributed by atoms with Crippen LogP contribution < -0.4 is 0 Å². The molecule has 0 radical (unpaired) electrons. The Balaban J connectivity index is 1.90. The average Bonchev–Trinajstić information content (AvgIpc) is 2.98. The highest BCUT2D eigenvalue weighted by molar-refractivity contribution is 5.95. The van der Waals surface area contributed by atoms with Gasteiger partial charge in [-0.3, -0.25) is 0 Å². The topological polar surface area (TPSA) is 86.0 Å². The summed E-state index contributed by atoms with van der Waals surface area (Å²) in [7, 11) is 0. The smallest absolute Gasteiger partial charge is 0.341 e. The quantitative estimate of drug-likeness (QED) is 0.834. The normalized spacial score (nSPS) is 33.4. The predicted octanol–water partition coefficient (Wildman–Crippen LogP) is 2.03. The van der Waals surface area contributed by atoms with Crippen molar-refractivity contribution in [2.45, 2.75) is 51.2 Å². The lowest BCUT2D eigenvalue weighted by molar-refractivity contribution is -0.139. The van der Waals surface area contributed by atoms with Gasteiger partial charge in [0.15, 0.2) is 0 Å². The number of carbonyl (C=O) groups is 2. The van der Waals surface area contributed by atoms with E-state index in [9.17, 15) is 14.7 Å². The molecule has 4 atom stereocenters. The van der Waals surface area contributed by atoms with Crippen LogP contribution in [-0.4, -0.2) is 35.4 Å². The summed E-state index contributed by atoms with van der Waals surface area (Å²) in [5.74, 6) is -0.321. The van der Waals surface area contributed by atoms with E-state index in [4.69, 9.17) is 13.9 Å². The van der Waals surface area contributed by atoms with Crippen LogP contribution in [0.1, 0.15) is 53.6 Å². The SMILES string of the molecule is CCOC(=O)c1c(C)oc2c1CC=C1C(=O)O[C@H]3C[C@](C)(O)[C@H]2[C@@H]13. The maximum absolute atomic E-state index is 12.3. The van der Waals surface area contributed by atoms with Gasteiger partial charge in [-0.2, -0.15) is 0 Å². The van der Waals surface area contributed by atoms with Crippen LogP contribution in [0.15, 0.2) is 16.1 Å². The zero-order valence-electron chi connectivity index (χ0n) is 13.9. The molecule has 0 spiro atoms. The van der Waals surface area contributed by atoms with E-state index >= 15 is 0 Å². The van der Waals surface area contributed by atoms with Gasteiger partial charge in [-0.1, -0.05) is 6.08 Å². The molecule has 1 N–H and O–H groups in total. The molecule has 6 nitrogen and oxygen atoms in total. The van der Waals surface area contributed by atoms with E-state index in [1.807, 2.05) is 6.08 Å². The number of furan rings is 1. The van der Waals surface area contributed by atoms with E-state index in [-0.39, 0.29) is 24.6 Å². The number of fused-ring (bicyclic) bond motifs is 2. The Morgan fingerprint density at radius 3 is 2.96 bits per heavy atom. The van der Waals surface area contributed by atoms with Crippen LogP contribution in [0.3, 0.4) is 0 Å². The highest BCUT2D eigenvalue weighted by atomic mass is 16.6. The largest absolute Gasteiger partial charge is 0.465 e. The Labute approximate surface area is 139 Å². The fourth-order valence-electron chi connectivity index (χ4n) is 4.51. The van der Waals surface area contributed by atoms with Crippen molar-refractivity contribution in [3.8, 4) is 0 Å². The zero-order chi connectivity index (χ0) is 17.2. The lowest BCUT2D eigenvalue weighted by atomic mass is 9.81. The van der Waals surface area contributed by atoms with Crippen molar-refractivity contribution in [1.29, 1.82) is 0 Å². The first kappa shape index (κ1) is 15.4. The monoisotopic (exact) mass is 332 g/mol. The van der Waals surface area contributed by atoms with E-state index in [2.05, 4.69) is 0 Å². The van der Waals surface area contributed by atoms with Gasteiger partial charge in [0.1, 0.15) is 23.2 Å². The number of hydrogen-bond donors (Lipinski definition) is 1. The number of carbonyl (C=O) groups excluding carboxylic acids is 2. The summed E-state index contributed by atoms with van der Waals surface area (Å²) < 4.78 is 16.5. The second-order valence-electron chi connectivity index (χ2n) is 6.97. The molecular weight excluding hydrogens is 312 g/mol. The van der Waals surface area contributed by atoms with E-state index in [1.165, 1.54) is 0 Å². The molecule has 3 aliphatic rings. The van der Waals surface area contributed by atoms with Crippen LogP contribution in [-0.2, 0) is 20.7 Å². The number of ether oxygens (including phenoxy) is 2. The number of esters is 2. The maximum Gasteiger partial charge on any atom is 0.341 e. The summed E-state index contributed by atoms with van der Waals surface area (Å²) in [5, 5.41) is 10.9. The molecule has 6 heteroatoms. The maximum atomic E-state index is 12.3.